The monoisotopic (exact) mass is 275 g/mol. The van der Waals surface area contributed by atoms with Crippen molar-refractivity contribution in [3.05, 3.63) is 0 Å². The van der Waals surface area contributed by atoms with Crippen LogP contribution < -0.4 is 5.32 Å². The number of aliphatic hydroxyl groups is 4. The van der Waals surface area contributed by atoms with Crippen molar-refractivity contribution in [1.82, 2.24) is 5.32 Å². The number of carbonyl (C=O) groups is 1. The van der Waals surface area contributed by atoms with Gasteiger partial charge in [-0.15, -0.1) is 0 Å². The minimum absolute atomic E-state index is 0.105. The number of carbonyl (C=O) groups excluding carboxylic acids is 1. The van der Waals surface area contributed by atoms with E-state index >= 15 is 0 Å². The summed E-state index contributed by atoms with van der Waals surface area (Å²) in [5.74, 6) is -0.342. The Morgan fingerprint density at radius 1 is 1.16 bits per heavy atom. The fourth-order valence-corrected chi connectivity index (χ4v) is 2.72. The number of nitrogens with one attached hydrogen (secondary N) is 1. The summed E-state index contributed by atoms with van der Waals surface area (Å²) >= 11 is 0. The summed E-state index contributed by atoms with van der Waals surface area (Å²) in [6.45, 7) is -0.515. The Morgan fingerprint density at radius 2 is 1.79 bits per heavy atom. The summed E-state index contributed by atoms with van der Waals surface area (Å²) in [4.78, 5) is 11.9. The van der Waals surface area contributed by atoms with Crippen molar-refractivity contribution in [2.24, 2.45) is 5.92 Å². The highest BCUT2D eigenvalue weighted by Crippen LogP contribution is 2.26. The van der Waals surface area contributed by atoms with E-state index in [0.29, 0.717) is 0 Å². The molecule has 0 radical (unpaired) electrons. The number of hydrogen-bond acceptors (Lipinski definition) is 6. The van der Waals surface area contributed by atoms with Gasteiger partial charge in [-0.3, -0.25) is 4.79 Å². The summed E-state index contributed by atoms with van der Waals surface area (Å²) in [6, 6.07) is -1.08. The standard InChI is InChI=1S/C12H21NO6/c14-5-7-9(15)10(16)8(12(18)19-7)13-11(17)6-3-1-2-4-6/h6-10,12,14-16,18H,1-5H2,(H,13,17)/t7?,8?,9-,10+,12?/m1/s1. The van der Waals surface area contributed by atoms with Gasteiger partial charge in [0.25, 0.3) is 0 Å². The fraction of sp³-hybridized carbons (Fsp3) is 0.917. The zero-order valence-electron chi connectivity index (χ0n) is 10.6. The van der Waals surface area contributed by atoms with Crippen molar-refractivity contribution in [3.63, 3.8) is 0 Å². The number of amides is 1. The summed E-state index contributed by atoms with van der Waals surface area (Å²) in [6.07, 6.45) is -1.61. The summed E-state index contributed by atoms with van der Waals surface area (Å²) < 4.78 is 4.98. The van der Waals surface area contributed by atoms with E-state index in [1.54, 1.807) is 0 Å². The molecule has 1 aliphatic heterocycles. The number of rotatable bonds is 3. The van der Waals surface area contributed by atoms with E-state index in [-0.39, 0.29) is 11.8 Å². The van der Waals surface area contributed by atoms with Crippen LogP contribution in [0.3, 0.4) is 0 Å². The zero-order chi connectivity index (χ0) is 14.0. The van der Waals surface area contributed by atoms with Gasteiger partial charge < -0.3 is 30.5 Å². The molecule has 0 aromatic heterocycles. The zero-order valence-corrected chi connectivity index (χ0v) is 10.6. The third kappa shape index (κ3) is 3.06. The third-order valence-electron chi connectivity index (χ3n) is 3.94. The van der Waals surface area contributed by atoms with E-state index in [4.69, 9.17) is 9.84 Å². The molecule has 2 fully saturated rings. The largest absolute Gasteiger partial charge is 0.394 e. The molecule has 5 atom stereocenters. The maximum absolute atomic E-state index is 11.9. The predicted octanol–water partition coefficient (Wildman–Crippen LogP) is -1.91. The van der Waals surface area contributed by atoms with Gasteiger partial charge in [0.05, 0.1) is 6.61 Å². The number of ether oxygens (including phenoxy) is 1. The molecule has 1 amide bonds. The van der Waals surface area contributed by atoms with Gasteiger partial charge in [0.15, 0.2) is 6.29 Å². The molecule has 1 saturated carbocycles. The molecule has 5 N–H and O–H groups in total. The Balaban J connectivity index is 1.96. The first-order valence-electron chi connectivity index (χ1n) is 6.65. The minimum Gasteiger partial charge on any atom is -0.394 e. The average molecular weight is 275 g/mol. The molecular formula is C12H21NO6. The number of hydrogen-bond donors (Lipinski definition) is 5. The third-order valence-corrected chi connectivity index (χ3v) is 3.94. The molecule has 3 unspecified atom stereocenters. The highest BCUT2D eigenvalue weighted by atomic mass is 16.6. The van der Waals surface area contributed by atoms with Crippen molar-refractivity contribution in [2.45, 2.75) is 56.3 Å². The van der Waals surface area contributed by atoms with Gasteiger partial charge in [-0.2, -0.15) is 0 Å². The van der Waals surface area contributed by atoms with Crippen LogP contribution in [0.15, 0.2) is 0 Å². The minimum atomic E-state index is -1.44. The van der Waals surface area contributed by atoms with Crippen LogP contribution in [0, 0.1) is 5.92 Å². The lowest BCUT2D eigenvalue weighted by atomic mass is 9.96. The van der Waals surface area contributed by atoms with Crippen molar-refractivity contribution in [3.8, 4) is 0 Å². The van der Waals surface area contributed by atoms with Crippen LogP contribution in [0.1, 0.15) is 25.7 Å². The van der Waals surface area contributed by atoms with E-state index in [1.807, 2.05) is 0 Å². The molecule has 0 bridgehead atoms. The Labute approximate surface area is 111 Å². The quantitative estimate of drug-likeness (QED) is 0.410. The molecule has 2 rings (SSSR count). The fourth-order valence-electron chi connectivity index (χ4n) is 2.72. The van der Waals surface area contributed by atoms with Crippen molar-refractivity contribution in [1.29, 1.82) is 0 Å². The second-order valence-corrected chi connectivity index (χ2v) is 5.24. The summed E-state index contributed by atoms with van der Waals surface area (Å²) in [5, 5.41) is 40.8. The van der Waals surface area contributed by atoms with E-state index in [1.165, 1.54) is 0 Å². The van der Waals surface area contributed by atoms with Gasteiger partial charge >= 0.3 is 0 Å². The maximum atomic E-state index is 11.9. The molecule has 0 aromatic carbocycles. The van der Waals surface area contributed by atoms with Crippen molar-refractivity contribution >= 4 is 5.91 Å². The topological polar surface area (TPSA) is 119 Å². The molecule has 1 saturated heterocycles. The van der Waals surface area contributed by atoms with Gasteiger partial charge in [-0.25, -0.2) is 0 Å². The molecule has 7 heteroatoms. The van der Waals surface area contributed by atoms with Crippen LogP contribution >= 0.6 is 0 Å². The van der Waals surface area contributed by atoms with Crippen molar-refractivity contribution < 1.29 is 30.0 Å². The Bertz CT molecular complexity index is 319. The SMILES string of the molecule is O=C(NC1C(O)OC(CO)[C@@H](O)[C@H]1O)C1CCCC1. The van der Waals surface area contributed by atoms with Gasteiger partial charge in [-0.1, -0.05) is 12.8 Å². The van der Waals surface area contributed by atoms with E-state index in [2.05, 4.69) is 5.32 Å². The number of aliphatic hydroxyl groups excluding tert-OH is 4. The molecule has 2 aliphatic rings. The van der Waals surface area contributed by atoms with E-state index in [0.717, 1.165) is 25.7 Å². The Morgan fingerprint density at radius 3 is 2.37 bits per heavy atom. The van der Waals surface area contributed by atoms with Crippen molar-refractivity contribution in [2.75, 3.05) is 6.61 Å². The van der Waals surface area contributed by atoms with Gasteiger partial charge in [-0.05, 0) is 12.8 Å². The highest BCUT2D eigenvalue weighted by molar-refractivity contribution is 5.79. The lowest BCUT2D eigenvalue weighted by Crippen LogP contribution is -2.64. The van der Waals surface area contributed by atoms with Crippen LogP contribution in [-0.2, 0) is 9.53 Å². The van der Waals surface area contributed by atoms with Crippen LogP contribution in [0.4, 0.5) is 0 Å². The lowest BCUT2D eigenvalue weighted by molar-refractivity contribution is -0.254. The first-order valence-corrected chi connectivity index (χ1v) is 6.65. The molecule has 19 heavy (non-hydrogen) atoms. The molecule has 1 heterocycles. The maximum Gasteiger partial charge on any atom is 0.223 e. The second kappa shape index (κ2) is 6.15. The Hall–Kier alpha value is -0.730. The normalized spacial score (nSPS) is 40.3. The second-order valence-electron chi connectivity index (χ2n) is 5.24. The first-order chi connectivity index (χ1) is 9.04. The van der Waals surface area contributed by atoms with Crippen LogP contribution in [0.25, 0.3) is 0 Å². The highest BCUT2D eigenvalue weighted by Gasteiger charge is 2.44. The summed E-state index contributed by atoms with van der Waals surface area (Å²) in [7, 11) is 0. The Kier molecular flexibility index (Phi) is 4.75. The molecule has 7 nitrogen and oxygen atoms in total. The van der Waals surface area contributed by atoms with Gasteiger partial charge in [0, 0.05) is 5.92 Å². The van der Waals surface area contributed by atoms with Crippen LogP contribution in [0.2, 0.25) is 0 Å². The average Bonchev–Trinajstić information content (AvgIpc) is 2.92. The first kappa shape index (κ1) is 14.7. The molecule has 0 aromatic rings. The van der Waals surface area contributed by atoms with Crippen LogP contribution in [-0.4, -0.2) is 63.6 Å². The van der Waals surface area contributed by atoms with Gasteiger partial charge in [0.2, 0.25) is 5.91 Å². The molecule has 110 valence electrons. The lowest BCUT2D eigenvalue weighted by Gasteiger charge is -2.40. The smallest absolute Gasteiger partial charge is 0.223 e. The molecule has 0 spiro atoms. The molecular weight excluding hydrogens is 254 g/mol. The van der Waals surface area contributed by atoms with Crippen LogP contribution in [0.5, 0.6) is 0 Å². The van der Waals surface area contributed by atoms with E-state index in [9.17, 15) is 20.1 Å². The summed E-state index contributed by atoms with van der Waals surface area (Å²) in [5.41, 5.74) is 0. The van der Waals surface area contributed by atoms with E-state index < -0.39 is 37.3 Å². The van der Waals surface area contributed by atoms with Gasteiger partial charge in [0.1, 0.15) is 24.4 Å². The molecule has 1 aliphatic carbocycles. The predicted molar refractivity (Wildman–Crippen MR) is 63.9 cm³/mol.